The van der Waals surface area contributed by atoms with Crippen LogP contribution in [0.2, 0.25) is 0 Å². The van der Waals surface area contributed by atoms with Crippen LogP contribution in [0.25, 0.3) is 0 Å². The highest BCUT2D eigenvalue weighted by atomic mass is 16.2. The smallest absolute Gasteiger partial charge is 0.253 e. The molecule has 0 aliphatic carbocycles. The lowest BCUT2D eigenvalue weighted by Crippen LogP contribution is -2.41. The molecule has 6 heteroatoms. The number of hydrogen-bond donors (Lipinski definition) is 2. The molecule has 0 heterocycles. The Bertz CT molecular complexity index is 458. The fourth-order valence-corrected chi connectivity index (χ4v) is 2.18. The van der Waals surface area contributed by atoms with Crippen molar-refractivity contribution < 1.29 is 9.59 Å². The Hall–Kier alpha value is -2.08. The first-order chi connectivity index (χ1) is 10.6. The number of hydrogen-bond acceptors (Lipinski definition) is 4. The SMILES string of the molecule is CCN(CC)CCN(CCNC=O)C(=O)c1ccc(N)cc1. The van der Waals surface area contributed by atoms with Crippen molar-refractivity contribution in [1.29, 1.82) is 0 Å². The fraction of sp³-hybridized carbons (Fsp3) is 0.500. The van der Waals surface area contributed by atoms with Gasteiger partial charge in [-0.25, -0.2) is 0 Å². The molecule has 2 amide bonds. The minimum absolute atomic E-state index is 0.0418. The summed E-state index contributed by atoms with van der Waals surface area (Å²) in [5.41, 5.74) is 6.90. The van der Waals surface area contributed by atoms with Crippen molar-refractivity contribution in [1.82, 2.24) is 15.1 Å². The van der Waals surface area contributed by atoms with Crippen molar-refractivity contribution in [2.45, 2.75) is 13.8 Å². The molecule has 1 aromatic carbocycles. The average molecular weight is 306 g/mol. The highest BCUT2D eigenvalue weighted by Crippen LogP contribution is 2.09. The van der Waals surface area contributed by atoms with E-state index in [1.54, 1.807) is 29.2 Å². The van der Waals surface area contributed by atoms with Crippen molar-refractivity contribution in [2.24, 2.45) is 0 Å². The molecular weight excluding hydrogens is 280 g/mol. The minimum Gasteiger partial charge on any atom is -0.399 e. The molecule has 0 bridgehead atoms. The Morgan fingerprint density at radius 1 is 1.14 bits per heavy atom. The van der Waals surface area contributed by atoms with E-state index in [2.05, 4.69) is 24.1 Å². The first-order valence-electron chi connectivity index (χ1n) is 7.66. The first kappa shape index (κ1) is 18.0. The maximum atomic E-state index is 12.6. The minimum atomic E-state index is -0.0418. The zero-order valence-corrected chi connectivity index (χ0v) is 13.4. The fourth-order valence-electron chi connectivity index (χ4n) is 2.18. The second-order valence-corrected chi connectivity index (χ2v) is 5.01. The molecule has 0 fully saturated rings. The van der Waals surface area contributed by atoms with Gasteiger partial charge in [0.15, 0.2) is 0 Å². The molecule has 122 valence electrons. The maximum Gasteiger partial charge on any atom is 0.253 e. The van der Waals surface area contributed by atoms with E-state index in [-0.39, 0.29) is 5.91 Å². The second kappa shape index (κ2) is 9.78. The van der Waals surface area contributed by atoms with Gasteiger partial charge < -0.3 is 20.9 Å². The number of anilines is 1. The Kier molecular flexibility index (Phi) is 7.99. The summed E-state index contributed by atoms with van der Waals surface area (Å²) in [5, 5.41) is 2.60. The predicted molar refractivity (Wildman–Crippen MR) is 88.6 cm³/mol. The quantitative estimate of drug-likeness (QED) is 0.381. The monoisotopic (exact) mass is 306 g/mol. The highest BCUT2D eigenvalue weighted by molar-refractivity contribution is 5.94. The van der Waals surface area contributed by atoms with Crippen LogP contribution in [-0.4, -0.2) is 61.4 Å². The molecule has 6 nitrogen and oxygen atoms in total. The molecule has 0 aliphatic rings. The summed E-state index contributed by atoms with van der Waals surface area (Å²) < 4.78 is 0. The lowest BCUT2D eigenvalue weighted by molar-refractivity contribution is -0.109. The number of likely N-dealkylation sites (N-methyl/N-ethyl adjacent to an activating group) is 1. The van der Waals surface area contributed by atoms with Crippen LogP contribution in [-0.2, 0) is 4.79 Å². The zero-order chi connectivity index (χ0) is 16.4. The molecule has 0 atom stereocenters. The normalized spacial score (nSPS) is 10.5. The largest absolute Gasteiger partial charge is 0.399 e. The zero-order valence-electron chi connectivity index (χ0n) is 13.4. The van der Waals surface area contributed by atoms with Gasteiger partial charge in [-0.05, 0) is 37.4 Å². The van der Waals surface area contributed by atoms with Crippen LogP contribution in [0.15, 0.2) is 24.3 Å². The van der Waals surface area contributed by atoms with Crippen LogP contribution < -0.4 is 11.1 Å². The molecule has 0 aliphatic heterocycles. The van der Waals surface area contributed by atoms with Crippen molar-refractivity contribution in [3.05, 3.63) is 29.8 Å². The molecule has 0 aromatic heterocycles. The lowest BCUT2D eigenvalue weighted by atomic mass is 10.2. The summed E-state index contributed by atoms with van der Waals surface area (Å²) in [7, 11) is 0. The summed E-state index contributed by atoms with van der Waals surface area (Å²) in [4.78, 5) is 27.0. The van der Waals surface area contributed by atoms with Gasteiger partial charge in [0.2, 0.25) is 6.41 Å². The number of nitrogens with two attached hydrogens (primary N) is 1. The van der Waals surface area contributed by atoms with E-state index < -0.39 is 0 Å². The second-order valence-electron chi connectivity index (χ2n) is 5.01. The summed E-state index contributed by atoms with van der Waals surface area (Å²) in [6.45, 7) is 8.49. The third-order valence-electron chi connectivity index (χ3n) is 3.63. The van der Waals surface area contributed by atoms with Crippen LogP contribution in [0.3, 0.4) is 0 Å². The van der Waals surface area contributed by atoms with Crippen LogP contribution in [0.1, 0.15) is 24.2 Å². The third-order valence-corrected chi connectivity index (χ3v) is 3.63. The average Bonchev–Trinajstić information content (AvgIpc) is 2.54. The van der Waals surface area contributed by atoms with E-state index >= 15 is 0 Å². The van der Waals surface area contributed by atoms with Gasteiger partial charge in [0.25, 0.3) is 5.91 Å². The molecule has 1 rings (SSSR count). The third kappa shape index (κ3) is 5.73. The summed E-state index contributed by atoms with van der Waals surface area (Å²) in [6, 6.07) is 6.91. The molecular formula is C16H26N4O2. The molecule has 22 heavy (non-hydrogen) atoms. The molecule has 0 radical (unpaired) electrons. The van der Waals surface area contributed by atoms with Gasteiger partial charge in [0, 0.05) is 37.4 Å². The van der Waals surface area contributed by atoms with Gasteiger partial charge in [0.05, 0.1) is 0 Å². The van der Waals surface area contributed by atoms with Crippen molar-refractivity contribution in [3.63, 3.8) is 0 Å². The van der Waals surface area contributed by atoms with Crippen LogP contribution in [0, 0.1) is 0 Å². The van der Waals surface area contributed by atoms with Gasteiger partial charge >= 0.3 is 0 Å². The van der Waals surface area contributed by atoms with E-state index in [4.69, 9.17) is 5.73 Å². The van der Waals surface area contributed by atoms with Crippen molar-refractivity contribution >= 4 is 18.0 Å². The predicted octanol–water partition coefficient (Wildman–Crippen LogP) is 0.799. The Balaban J connectivity index is 2.72. The molecule has 1 aromatic rings. The number of nitrogens with zero attached hydrogens (tertiary/aromatic N) is 2. The molecule has 0 unspecified atom stereocenters. The van der Waals surface area contributed by atoms with E-state index in [0.717, 1.165) is 19.6 Å². The van der Waals surface area contributed by atoms with Crippen LogP contribution in [0.5, 0.6) is 0 Å². The van der Waals surface area contributed by atoms with Crippen LogP contribution >= 0.6 is 0 Å². The number of benzene rings is 1. The molecule has 0 saturated carbocycles. The van der Waals surface area contributed by atoms with Crippen molar-refractivity contribution in [3.8, 4) is 0 Å². The van der Waals surface area contributed by atoms with Crippen molar-refractivity contribution in [2.75, 3.05) is 45.0 Å². The Morgan fingerprint density at radius 3 is 2.32 bits per heavy atom. The van der Waals surface area contributed by atoms with Gasteiger partial charge in [-0.3, -0.25) is 9.59 Å². The number of rotatable bonds is 10. The first-order valence-corrected chi connectivity index (χ1v) is 7.66. The van der Waals surface area contributed by atoms with E-state index in [9.17, 15) is 9.59 Å². The Morgan fingerprint density at radius 2 is 1.77 bits per heavy atom. The number of amides is 2. The number of carbonyl (C=O) groups excluding carboxylic acids is 2. The van der Waals surface area contributed by atoms with E-state index in [1.807, 2.05) is 0 Å². The van der Waals surface area contributed by atoms with Gasteiger partial charge in [0.1, 0.15) is 0 Å². The summed E-state index contributed by atoms with van der Waals surface area (Å²) in [6.07, 6.45) is 0.649. The molecule has 3 N–H and O–H groups in total. The Labute approximate surface area is 132 Å². The van der Waals surface area contributed by atoms with E-state index in [1.165, 1.54) is 0 Å². The van der Waals surface area contributed by atoms with E-state index in [0.29, 0.717) is 37.3 Å². The summed E-state index contributed by atoms with van der Waals surface area (Å²) >= 11 is 0. The highest BCUT2D eigenvalue weighted by Gasteiger charge is 2.16. The van der Waals surface area contributed by atoms with Gasteiger partial charge in [-0.15, -0.1) is 0 Å². The molecule has 0 spiro atoms. The topological polar surface area (TPSA) is 78.7 Å². The molecule has 0 saturated heterocycles. The number of nitrogens with one attached hydrogen (secondary N) is 1. The van der Waals surface area contributed by atoms with Gasteiger partial charge in [-0.1, -0.05) is 13.8 Å². The number of nitrogen functional groups attached to an aromatic ring is 1. The summed E-state index contributed by atoms with van der Waals surface area (Å²) in [5.74, 6) is -0.0418. The maximum absolute atomic E-state index is 12.6. The number of carbonyl (C=O) groups is 2. The van der Waals surface area contributed by atoms with Crippen LogP contribution in [0.4, 0.5) is 5.69 Å². The lowest BCUT2D eigenvalue weighted by Gasteiger charge is -2.26. The van der Waals surface area contributed by atoms with Gasteiger partial charge in [-0.2, -0.15) is 0 Å². The standard InChI is InChI=1S/C16H26N4O2/c1-3-19(4-2)11-12-20(10-9-18-13-21)16(22)14-5-7-15(17)8-6-14/h5-8,13H,3-4,9-12,17H2,1-2H3,(H,18,21).